The van der Waals surface area contributed by atoms with Gasteiger partial charge >= 0.3 is 0 Å². The summed E-state index contributed by atoms with van der Waals surface area (Å²) in [5, 5.41) is 2.86. The first-order chi connectivity index (χ1) is 12.5. The summed E-state index contributed by atoms with van der Waals surface area (Å²) in [4.78, 5) is 26.4. The van der Waals surface area contributed by atoms with Gasteiger partial charge < -0.3 is 20.7 Å². The zero-order valence-electron chi connectivity index (χ0n) is 16.3. The normalized spacial score (nSPS) is 19.1. The van der Waals surface area contributed by atoms with Crippen molar-refractivity contribution in [3.63, 3.8) is 0 Å². The summed E-state index contributed by atoms with van der Waals surface area (Å²) in [5.74, 6) is 0.502. The SMILES string of the molecule is CC1CCCC(C)N1C(=O)COc1ccc(C(=O)NCCCCN)cc1.Cl. The van der Waals surface area contributed by atoms with Gasteiger partial charge in [0.2, 0.25) is 0 Å². The molecule has 0 saturated carbocycles. The number of amides is 2. The third kappa shape index (κ3) is 7.03. The zero-order valence-corrected chi connectivity index (χ0v) is 17.1. The fourth-order valence-corrected chi connectivity index (χ4v) is 3.41. The Bertz CT molecular complexity index is 585. The van der Waals surface area contributed by atoms with Crippen LogP contribution in [0.3, 0.4) is 0 Å². The maximum absolute atomic E-state index is 12.5. The van der Waals surface area contributed by atoms with Crippen molar-refractivity contribution in [3.05, 3.63) is 29.8 Å². The number of carbonyl (C=O) groups is 2. The zero-order chi connectivity index (χ0) is 18.9. The quantitative estimate of drug-likeness (QED) is 0.660. The van der Waals surface area contributed by atoms with Crippen LogP contribution >= 0.6 is 12.4 Å². The lowest BCUT2D eigenvalue weighted by molar-refractivity contribution is -0.139. The summed E-state index contributed by atoms with van der Waals surface area (Å²) < 4.78 is 5.63. The van der Waals surface area contributed by atoms with Crippen molar-refractivity contribution in [1.29, 1.82) is 0 Å². The highest BCUT2D eigenvalue weighted by molar-refractivity contribution is 5.94. The number of nitrogens with two attached hydrogens (primary N) is 1. The fourth-order valence-electron chi connectivity index (χ4n) is 3.41. The summed E-state index contributed by atoms with van der Waals surface area (Å²) in [6.45, 7) is 5.47. The van der Waals surface area contributed by atoms with Crippen molar-refractivity contribution < 1.29 is 14.3 Å². The molecular weight excluding hydrogens is 366 g/mol. The van der Waals surface area contributed by atoms with Gasteiger partial charge in [0.25, 0.3) is 11.8 Å². The second-order valence-corrected chi connectivity index (χ2v) is 6.99. The number of nitrogens with zero attached hydrogens (tertiary/aromatic N) is 1. The van der Waals surface area contributed by atoms with E-state index in [4.69, 9.17) is 10.5 Å². The predicted molar refractivity (Wildman–Crippen MR) is 109 cm³/mol. The fraction of sp³-hybridized carbons (Fsp3) is 0.600. The van der Waals surface area contributed by atoms with Crippen LogP contribution in [0.25, 0.3) is 0 Å². The molecule has 1 aromatic rings. The number of nitrogens with one attached hydrogen (secondary N) is 1. The van der Waals surface area contributed by atoms with E-state index in [1.165, 1.54) is 6.42 Å². The molecule has 0 radical (unpaired) electrons. The highest BCUT2D eigenvalue weighted by Gasteiger charge is 2.28. The second kappa shape index (κ2) is 11.8. The summed E-state index contributed by atoms with van der Waals surface area (Å²) in [5.41, 5.74) is 6.01. The topological polar surface area (TPSA) is 84.7 Å². The van der Waals surface area contributed by atoms with E-state index < -0.39 is 0 Å². The van der Waals surface area contributed by atoms with Gasteiger partial charge in [-0.3, -0.25) is 9.59 Å². The van der Waals surface area contributed by atoms with Crippen molar-refractivity contribution in [2.75, 3.05) is 19.7 Å². The minimum Gasteiger partial charge on any atom is -0.484 e. The van der Waals surface area contributed by atoms with Crippen LogP contribution in [0.1, 0.15) is 56.3 Å². The van der Waals surface area contributed by atoms with E-state index in [1.807, 2.05) is 4.90 Å². The van der Waals surface area contributed by atoms with Crippen LogP contribution < -0.4 is 15.8 Å². The molecule has 27 heavy (non-hydrogen) atoms. The molecule has 6 nitrogen and oxygen atoms in total. The number of hydrogen-bond acceptors (Lipinski definition) is 4. The van der Waals surface area contributed by atoms with E-state index in [1.54, 1.807) is 24.3 Å². The maximum atomic E-state index is 12.5. The molecule has 1 aliphatic rings. The molecule has 0 spiro atoms. The third-order valence-corrected chi connectivity index (χ3v) is 4.88. The van der Waals surface area contributed by atoms with Gasteiger partial charge in [0.05, 0.1) is 0 Å². The molecule has 2 amide bonds. The molecule has 1 aromatic carbocycles. The lowest BCUT2D eigenvalue weighted by Crippen LogP contribution is -2.49. The van der Waals surface area contributed by atoms with E-state index >= 15 is 0 Å². The lowest BCUT2D eigenvalue weighted by Gasteiger charge is -2.38. The van der Waals surface area contributed by atoms with Gasteiger partial charge in [0, 0.05) is 24.2 Å². The Balaban J connectivity index is 0.00000364. The molecule has 1 aliphatic heterocycles. The van der Waals surface area contributed by atoms with E-state index in [0.717, 1.165) is 25.7 Å². The van der Waals surface area contributed by atoms with E-state index in [-0.39, 0.29) is 42.9 Å². The molecule has 152 valence electrons. The molecule has 3 N–H and O–H groups in total. The molecule has 2 rings (SSSR count). The van der Waals surface area contributed by atoms with Crippen molar-refractivity contribution >= 4 is 24.2 Å². The Hall–Kier alpha value is -1.79. The monoisotopic (exact) mass is 397 g/mol. The molecular formula is C20H32ClN3O3. The van der Waals surface area contributed by atoms with Crippen LogP contribution in [0, 0.1) is 0 Å². The Morgan fingerprint density at radius 1 is 1.15 bits per heavy atom. The Morgan fingerprint density at radius 2 is 1.78 bits per heavy atom. The smallest absolute Gasteiger partial charge is 0.260 e. The average molecular weight is 398 g/mol. The van der Waals surface area contributed by atoms with Gasteiger partial charge in [-0.2, -0.15) is 0 Å². The third-order valence-electron chi connectivity index (χ3n) is 4.88. The van der Waals surface area contributed by atoms with Gasteiger partial charge in [0.1, 0.15) is 5.75 Å². The highest BCUT2D eigenvalue weighted by Crippen LogP contribution is 2.23. The average Bonchev–Trinajstić information content (AvgIpc) is 2.63. The molecule has 0 aliphatic carbocycles. The highest BCUT2D eigenvalue weighted by atomic mass is 35.5. The number of halogens is 1. The van der Waals surface area contributed by atoms with Gasteiger partial charge in [0.15, 0.2) is 6.61 Å². The van der Waals surface area contributed by atoms with E-state index in [9.17, 15) is 9.59 Å². The Labute approximate surface area is 168 Å². The number of likely N-dealkylation sites (tertiary alicyclic amines) is 1. The van der Waals surface area contributed by atoms with E-state index in [2.05, 4.69) is 19.2 Å². The standard InChI is InChI=1S/C20H31N3O3.ClH/c1-15-6-5-7-16(2)23(15)19(24)14-26-18-10-8-17(9-11-18)20(25)22-13-4-3-12-21;/h8-11,15-16H,3-7,12-14,21H2,1-2H3,(H,22,25);1H. The second-order valence-electron chi connectivity index (χ2n) is 6.99. The number of benzene rings is 1. The van der Waals surface area contributed by atoms with Crippen molar-refractivity contribution in [2.24, 2.45) is 5.73 Å². The minimum atomic E-state index is -0.111. The predicted octanol–water partition coefficient (Wildman–Crippen LogP) is 2.75. The van der Waals surface area contributed by atoms with Crippen molar-refractivity contribution in [1.82, 2.24) is 10.2 Å². The van der Waals surface area contributed by atoms with Crippen molar-refractivity contribution in [2.45, 2.75) is 58.0 Å². The van der Waals surface area contributed by atoms with Gasteiger partial charge in [-0.1, -0.05) is 0 Å². The number of unbranched alkanes of at least 4 members (excludes halogenated alkanes) is 1. The number of hydrogen-bond donors (Lipinski definition) is 2. The summed E-state index contributed by atoms with van der Waals surface area (Å²) in [6.07, 6.45) is 5.04. The van der Waals surface area contributed by atoms with Gasteiger partial charge in [-0.15, -0.1) is 12.4 Å². The molecule has 1 fully saturated rings. The first-order valence-corrected chi connectivity index (χ1v) is 9.55. The molecule has 0 bridgehead atoms. The molecule has 1 heterocycles. The summed E-state index contributed by atoms with van der Waals surface area (Å²) in [7, 11) is 0. The molecule has 1 saturated heterocycles. The number of piperidine rings is 1. The lowest BCUT2D eigenvalue weighted by atomic mass is 9.97. The van der Waals surface area contributed by atoms with Crippen molar-refractivity contribution in [3.8, 4) is 5.75 Å². The number of ether oxygens (including phenoxy) is 1. The largest absolute Gasteiger partial charge is 0.484 e. The van der Waals surface area contributed by atoms with Crippen LogP contribution in [-0.4, -0.2) is 48.5 Å². The first-order valence-electron chi connectivity index (χ1n) is 9.55. The molecule has 2 atom stereocenters. The Kier molecular flexibility index (Phi) is 10.2. The van der Waals surface area contributed by atoms with Crippen LogP contribution in [0.5, 0.6) is 5.75 Å². The summed E-state index contributed by atoms with van der Waals surface area (Å²) in [6, 6.07) is 7.41. The minimum absolute atomic E-state index is 0. The molecule has 7 heteroatoms. The van der Waals surface area contributed by atoms with Gasteiger partial charge in [-0.25, -0.2) is 0 Å². The maximum Gasteiger partial charge on any atom is 0.260 e. The van der Waals surface area contributed by atoms with Crippen LogP contribution in [0.15, 0.2) is 24.3 Å². The van der Waals surface area contributed by atoms with Crippen LogP contribution in [-0.2, 0) is 4.79 Å². The van der Waals surface area contributed by atoms with Crippen LogP contribution in [0.4, 0.5) is 0 Å². The van der Waals surface area contributed by atoms with E-state index in [0.29, 0.717) is 24.4 Å². The molecule has 2 unspecified atom stereocenters. The number of rotatable bonds is 8. The first kappa shape index (κ1) is 23.2. The molecule has 0 aromatic heterocycles. The summed E-state index contributed by atoms with van der Waals surface area (Å²) >= 11 is 0. The number of carbonyl (C=O) groups excluding carboxylic acids is 2. The Morgan fingerprint density at radius 3 is 2.37 bits per heavy atom. The van der Waals surface area contributed by atoms with Gasteiger partial charge in [-0.05, 0) is 76.8 Å². The van der Waals surface area contributed by atoms with Crippen LogP contribution in [0.2, 0.25) is 0 Å².